The number of nitrogens with one attached hydrogen (secondary N) is 6. The van der Waals surface area contributed by atoms with Gasteiger partial charge in [0.15, 0.2) is 6.10 Å². The number of hydrogen-bond acceptors (Lipinski definition) is 18. The largest absolute Gasteiger partial charge is 0.506 e. The van der Waals surface area contributed by atoms with E-state index in [2.05, 4.69) is 36.9 Å². The van der Waals surface area contributed by atoms with Gasteiger partial charge >= 0.3 is 11.9 Å². The quantitative estimate of drug-likeness (QED) is 0.0210. The predicted molar refractivity (Wildman–Crippen MR) is 322 cm³/mol. The SMILES string of the molecule is CC[C@H](C)[C@H](NC(=O)C(C)(C)N(C)C)C(=O)N(C)C(C[C@@H](OC(C)=O)c1nc(C(=O)N[C@@H](Cc2ccc(O)c(NC(=O)CCCNC(=O)[C@H](CNC(=O)CCCN3C(=O)C=CC3=O)NC(=O)CCCN3C(=O)C=CC3=O)c2)CC(C)C(=O)O)cs1)C(C)C. The average Bonchev–Trinajstić information content (AvgIpc) is 3.30. The Labute approximate surface area is 516 Å². The van der Waals surface area contributed by atoms with Crippen molar-refractivity contribution < 1.29 is 77.3 Å². The molecule has 0 fully saturated rings. The van der Waals surface area contributed by atoms with E-state index in [1.54, 1.807) is 44.8 Å². The van der Waals surface area contributed by atoms with Gasteiger partial charge in [-0.25, -0.2) is 4.98 Å². The summed E-state index contributed by atoms with van der Waals surface area (Å²) in [7, 11) is 5.18. The molecule has 11 amide bonds. The number of ether oxygens (including phenoxy) is 1. The lowest BCUT2D eigenvalue weighted by Crippen LogP contribution is -2.60. The van der Waals surface area contributed by atoms with Crippen LogP contribution in [-0.4, -0.2) is 189 Å². The van der Waals surface area contributed by atoms with Crippen molar-refractivity contribution in [3.05, 3.63) is 64.1 Å². The monoisotopic (exact) mass is 1250 g/mol. The van der Waals surface area contributed by atoms with Crippen LogP contribution in [0.15, 0.2) is 47.9 Å². The van der Waals surface area contributed by atoms with E-state index >= 15 is 0 Å². The van der Waals surface area contributed by atoms with Crippen LogP contribution in [-0.2, 0) is 68.7 Å². The van der Waals surface area contributed by atoms with Gasteiger partial charge in [0.05, 0.1) is 17.1 Å². The molecule has 4 rings (SSSR count). The normalized spacial score (nSPS) is 15.5. The zero-order valence-electron chi connectivity index (χ0n) is 51.9. The molecule has 2 aliphatic rings. The summed E-state index contributed by atoms with van der Waals surface area (Å²) in [6, 6.07) is 0.770. The molecular formula is C60H85N11O16S. The minimum Gasteiger partial charge on any atom is -0.506 e. The zero-order valence-corrected chi connectivity index (χ0v) is 52.7. The Morgan fingerprint density at radius 2 is 1.34 bits per heavy atom. The summed E-state index contributed by atoms with van der Waals surface area (Å²) in [4.78, 5) is 176. The summed E-state index contributed by atoms with van der Waals surface area (Å²) in [5, 5.41) is 38.6. The lowest BCUT2D eigenvalue weighted by atomic mass is 9.92. The number of esters is 1. The van der Waals surface area contributed by atoms with Gasteiger partial charge in [0.2, 0.25) is 35.4 Å². The van der Waals surface area contributed by atoms with Crippen molar-refractivity contribution in [1.82, 2.24) is 51.2 Å². The van der Waals surface area contributed by atoms with Gasteiger partial charge in [-0.05, 0) is 89.6 Å². The van der Waals surface area contributed by atoms with Crippen LogP contribution in [0, 0.1) is 17.8 Å². The van der Waals surface area contributed by atoms with Gasteiger partial charge in [0.1, 0.15) is 28.5 Å². The van der Waals surface area contributed by atoms with Crippen molar-refractivity contribution in [2.75, 3.05) is 52.6 Å². The van der Waals surface area contributed by atoms with E-state index < -0.39 is 107 Å². The lowest BCUT2D eigenvalue weighted by molar-refractivity contribution is -0.149. The molecule has 2 aliphatic heterocycles. The van der Waals surface area contributed by atoms with Crippen LogP contribution in [0.1, 0.15) is 140 Å². The fraction of sp³-hybridized carbons (Fsp3) is 0.567. The van der Waals surface area contributed by atoms with Gasteiger partial charge in [-0.1, -0.05) is 47.1 Å². The minimum atomic E-state index is -1.31. The molecule has 0 saturated heterocycles. The highest BCUT2D eigenvalue weighted by Gasteiger charge is 2.39. The number of carboxylic acids is 1. The molecule has 0 spiro atoms. The molecule has 3 heterocycles. The Morgan fingerprint density at radius 1 is 0.761 bits per heavy atom. The number of nitrogens with zero attached hydrogens (tertiary/aromatic N) is 5. The van der Waals surface area contributed by atoms with Crippen LogP contribution in [0.2, 0.25) is 0 Å². The molecule has 0 saturated carbocycles. The predicted octanol–water partition coefficient (Wildman–Crippen LogP) is 2.50. The number of carbonyl (C=O) groups excluding carboxylic acids is 12. The van der Waals surface area contributed by atoms with Crippen LogP contribution in [0.4, 0.5) is 5.69 Å². The Balaban J connectivity index is 1.40. The molecule has 2 aromatic rings. The van der Waals surface area contributed by atoms with Gasteiger partial charge in [-0.2, -0.15) is 0 Å². The number of benzene rings is 1. The molecule has 8 N–H and O–H groups in total. The van der Waals surface area contributed by atoms with E-state index in [9.17, 15) is 72.5 Å². The van der Waals surface area contributed by atoms with E-state index in [-0.39, 0.29) is 130 Å². The molecule has 0 aliphatic carbocycles. The van der Waals surface area contributed by atoms with Crippen LogP contribution in [0.5, 0.6) is 5.75 Å². The highest BCUT2D eigenvalue weighted by atomic mass is 32.1. The van der Waals surface area contributed by atoms with E-state index in [0.29, 0.717) is 12.0 Å². The molecular weight excluding hydrogens is 1160 g/mol. The lowest BCUT2D eigenvalue weighted by Gasteiger charge is -2.38. The molecule has 27 nitrogen and oxygen atoms in total. The van der Waals surface area contributed by atoms with Gasteiger partial charge in [-0.15, -0.1) is 11.3 Å². The van der Waals surface area contributed by atoms with Crippen molar-refractivity contribution >= 4 is 93.9 Å². The van der Waals surface area contributed by atoms with E-state index in [1.165, 1.54) is 37.4 Å². The average molecular weight is 1250 g/mol. The van der Waals surface area contributed by atoms with Crippen molar-refractivity contribution in [3.8, 4) is 5.75 Å². The molecule has 88 heavy (non-hydrogen) atoms. The standard InChI is InChI=1S/C60H85N11O16S/c1-12-35(4)53(67-59(86)60(7,8)68(9)10)57(83)69(11)43(34(2)3)31-45(87-37(6)72)56-66-42(33-88-56)55(82)63-39(28-36(5)58(84)85)29-38-19-20-44(73)40(30-38)64-47(75)16-13-25-61-54(81)41(65-48(76)18-15-27-71-51(79)23-24-52(71)80)32-62-46(74)17-14-26-70-49(77)21-22-50(70)78/h19-24,30,33-36,39,41,43,45,53,73H,12-18,25-29,31-32H2,1-11H3,(H,61,81)(H,62,74)(H,63,82)(H,64,75)(H,65,76)(H,67,86)(H,84,85)/t35-,36?,39+,41-,43?,45+,53-/m0/s1. The summed E-state index contributed by atoms with van der Waals surface area (Å²) < 4.78 is 5.79. The maximum atomic E-state index is 14.3. The van der Waals surface area contributed by atoms with E-state index in [0.717, 1.165) is 45.4 Å². The smallest absolute Gasteiger partial charge is 0.306 e. The number of aromatic nitrogens is 1. The molecule has 1 aromatic carbocycles. The Hall–Kier alpha value is -8.40. The molecule has 28 heteroatoms. The summed E-state index contributed by atoms with van der Waals surface area (Å²) in [6.45, 7) is 13.3. The Morgan fingerprint density at radius 3 is 1.89 bits per heavy atom. The van der Waals surface area contributed by atoms with Crippen LogP contribution >= 0.6 is 11.3 Å². The maximum Gasteiger partial charge on any atom is 0.306 e. The zero-order chi connectivity index (χ0) is 65.7. The van der Waals surface area contributed by atoms with Crippen LogP contribution in [0.3, 0.4) is 0 Å². The summed E-state index contributed by atoms with van der Waals surface area (Å²) in [6.07, 6.45) is 3.89. The number of anilines is 1. The highest BCUT2D eigenvalue weighted by Crippen LogP contribution is 2.32. The number of rotatable bonds is 36. The first kappa shape index (κ1) is 72.1. The topological polar surface area (TPSA) is 370 Å². The number of phenols is 1. The van der Waals surface area contributed by atoms with Gasteiger partial charge in [0, 0.05) is 108 Å². The van der Waals surface area contributed by atoms with Crippen molar-refractivity contribution in [1.29, 1.82) is 0 Å². The first-order chi connectivity index (χ1) is 41.3. The fourth-order valence-corrected chi connectivity index (χ4v) is 10.2. The second kappa shape index (κ2) is 33.6. The van der Waals surface area contributed by atoms with Gasteiger partial charge in [-0.3, -0.25) is 77.0 Å². The number of imide groups is 2. The number of thiazole rings is 1. The van der Waals surface area contributed by atoms with Crippen LogP contribution in [0.25, 0.3) is 0 Å². The summed E-state index contributed by atoms with van der Waals surface area (Å²) >= 11 is 1.05. The summed E-state index contributed by atoms with van der Waals surface area (Å²) in [5.41, 5.74) is -0.499. The van der Waals surface area contributed by atoms with Gasteiger partial charge in [0.25, 0.3) is 29.5 Å². The first-order valence-corrected chi connectivity index (χ1v) is 30.2. The molecule has 0 bridgehead atoms. The van der Waals surface area contributed by atoms with E-state index in [4.69, 9.17) is 4.74 Å². The third-order valence-corrected chi connectivity index (χ3v) is 16.4. The fourth-order valence-electron chi connectivity index (χ4n) is 9.37. The minimum absolute atomic E-state index is 0.00689. The number of hydrogen-bond donors (Lipinski definition) is 8. The van der Waals surface area contributed by atoms with Gasteiger partial charge < -0.3 is 51.8 Å². The summed E-state index contributed by atoms with van der Waals surface area (Å²) in [5.74, 6) is -9.26. The molecule has 2 unspecified atom stereocenters. The first-order valence-electron chi connectivity index (χ1n) is 29.3. The number of likely N-dealkylation sites (N-methyl/N-ethyl adjacent to an activating group) is 2. The van der Waals surface area contributed by atoms with Crippen molar-refractivity contribution in [2.24, 2.45) is 17.8 Å². The second-order valence-electron chi connectivity index (χ2n) is 23.1. The maximum absolute atomic E-state index is 14.3. The van der Waals surface area contributed by atoms with Crippen LogP contribution < -0.4 is 31.9 Å². The number of aliphatic carboxylic acids is 1. The highest BCUT2D eigenvalue weighted by molar-refractivity contribution is 7.09. The molecule has 0 radical (unpaired) electrons. The number of carboxylic acid groups (broad SMARTS) is 1. The number of aromatic hydroxyl groups is 1. The number of carbonyl (C=O) groups is 13. The number of amides is 11. The van der Waals surface area contributed by atoms with Crippen molar-refractivity contribution in [3.63, 3.8) is 0 Å². The molecule has 7 atom stereocenters. The molecule has 1 aromatic heterocycles. The van der Waals surface area contributed by atoms with Crippen molar-refractivity contribution in [2.45, 2.75) is 155 Å². The second-order valence-corrected chi connectivity index (χ2v) is 23.9. The third-order valence-electron chi connectivity index (χ3n) is 15.5. The molecule has 482 valence electrons. The number of phenolic OH excluding ortho intramolecular Hbond substituents is 1. The third kappa shape index (κ3) is 21.5. The Bertz CT molecular complexity index is 2940. The van der Waals surface area contributed by atoms with E-state index in [1.807, 2.05) is 27.7 Å². The Kier molecular flexibility index (Phi) is 27.6.